The molecule has 0 amide bonds. The van der Waals surface area contributed by atoms with Crippen LogP contribution in [-0.4, -0.2) is 23.1 Å². The second-order valence-corrected chi connectivity index (χ2v) is 4.30. The van der Waals surface area contributed by atoms with Crippen molar-refractivity contribution in [1.29, 1.82) is 0 Å². The Kier molecular flexibility index (Phi) is 4.39. The van der Waals surface area contributed by atoms with Crippen LogP contribution in [0.4, 0.5) is 11.8 Å². The first-order valence-corrected chi connectivity index (χ1v) is 6.59. The van der Waals surface area contributed by atoms with E-state index in [4.69, 9.17) is 4.42 Å². The molecular weight excluding hydrogens is 240 g/mol. The molecule has 2 aromatic rings. The molecule has 102 valence electrons. The van der Waals surface area contributed by atoms with Crippen LogP contribution in [-0.2, 0) is 6.54 Å². The second-order valence-electron chi connectivity index (χ2n) is 4.30. The summed E-state index contributed by atoms with van der Waals surface area (Å²) in [5, 5.41) is 3.26. The second kappa shape index (κ2) is 6.22. The van der Waals surface area contributed by atoms with E-state index in [0.717, 1.165) is 36.3 Å². The number of nitrogens with zero attached hydrogens (tertiary/aromatic N) is 3. The van der Waals surface area contributed by atoms with Gasteiger partial charge in [0, 0.05) is 24.8 Å². The Labute approximate surface area is 113 Å². The Morgan fingerprint density at radius 3 is 2.68 bits per heavy atom. The van der Waals surface area contributed by atoms with Gasteiger partial charge in [0.05, 0.1) is 12.8 Å². The van der Waals surface area contributed by atoms with E-state index >= 15 is 0 Å². The van der Waals surface area contributed by atoms with Crippen molar-refractivity contribution in [3.63, 3.8) is 0 Å². The Morgan fingerprint density at radius 2 is 2.05 bits per heavy atom. The van der Waals surface area contributed by atoms with Gasteiger partial charge in [-0.15, -0.1) is 0 Å². The maximum Gasteiger partial charge on any atom is 0.227 e. The molecule has 0 saturated carbocycles. The minimum Gasteiger partial charge on any atom is -0.467 e. The number of aromatic nitrogens is 2. The summed E-state index contributed by atoms with van der Waals surface area (Å²) in [5.74, 6) is 2.48. The van der Waals surface area contributed by atoms with Crippen molar-refractivity contribution in [2.75, 3.05) is 23.3 Å². The zero-order valence-electron chi connectivity index (χ0n) is 11.7. The number of nitrogens with one attached hydrogen (secondary N) is 1. The highest BCUT2D eigenvalue weighted by molar-refractivity contribution is 5.43. The van der Waals surface area contributed by atoms with Crippen LogP contribution in [0, 0.1) is 6.92 Å². The van der Waals surface area contributed by atoms with Gasteiger partial charge in [-0.3, -0.25) is 0 Å². The van der Waals surface area contributed by atoms with Crippen LogP contribution >= 0.6 is 0 Å². The molecule has 0 aliphatic heterocycles. The predicted molar refractivity (Wildman–Crippen MR) is 76.4 cm³/mol. The summed E-state index contributed by atoms with van der Waals surface area (Å²) >= 11 is 0. The van der Waals surface area contributed by atoms with Gasteiger partial charge in [-0.05, 0) is 32.9 Å². The van der Waals surface area contributed by atoms with Gasteiger partial charge in [-0.1, -0.05) is 0 Å². The van der Waals surface area contributed by atoms with Gasteiger partial charge in [-0.25, -0.2) is 4.98 Å². The van der Waals surface area contributed by atoms with E-state index in [1.165, 1.54) is 0 Å². The molecule has 0 bridgehead atoms. The Hall–Kier alpha value is -2.04. The fourth-order valence-electron chi connectivity index (χ4n) is 1.88. The lowest BCUT2D eigenvalue weighted by molar-refractivity contribution is 0.518. The van der Waals surface area contributed by atoms with Crippen LogP contribution in [0.3, 0.4) is 0 Å². The van der Waals surface area contributed by atoms with Crippen LogP contribution in [0.2, 0.25) is 0 Å². The fourth-order valence-corrected chi connectivity index (χ4v) is 1.88. The van der Waals surface area contributed by atoms with Crippen molar-refractivity contribution in [3.8, 4) is 0 Å². The molecule has 5 heteroatoms. The van der Waals surface area contributed by atoms with Crippen LogP contribution in [0.5, 0.6) is 0 Å². The molecule has 2 aromatic heterocycles. The molecule has 2 heterocycles. The summed E-state index contributed by atoms with van der Waals surface area (Å²) < 4.78 is 5.29. The molecule has 1 N–H and O–H groups in total. The van der Waals surface area contributed by atoms with Gasteiger partial charge in [-0.2, -0.15) is 4.98 Å². The van der Waals surface area contributed by atoms with Crippen LogP contribution in [0.1, 0.15) is 25.3 Å². The third-order valence-corrected chi connectivity index (χ3v) is 2.91. The molecule has 0 radical (unpaired) electrons. The Bertz CT molecular complexity index is 506. The van der Waals surface area contributed by atoms with Crippen molar-refractivity contribution in [3.05, 3.63) is 35.9 Å². The molecule has 0 fully saturated rings. The van der Waals surface area contributed by atoms with Crippen LogP contribution < -0.4 is 10.2 Å². The Morgan fingerprint density at radius 1 is 1.26 bits per heavy atom. The summed E-state index contributed by atoms with van der Waals surface area (Å²) in [7, 11) is 0. The maximum absolute atomic E-state index is 5.29. The first-order chi connectivity index (χ1) is 9.22. The minimum atomic E-state index is 0.626. The van der Waals surface area contributed by atoms with Gasteiger partial charge in [0.15, 0.2) is 0 Å². The molecule has 0 aliphatic carbocycles. The smallest absolute Gasteiger partial charge is 0.227 e. The van der Waals surface area contributed by atoms with Gasteiger partial charge in [0.25, 0.3) is 0 Å². The van der Waals surface area contributed by atoms with E-state index in [-0.39, 0.29) is 0 Å². The minimum absolute atomic E-state index is 0.626. The molecule has 2 rings (SSSR count). The standard InChI is InChI=1S/C14H20N4O/c1-4-18(5-2)14-16-11(3)9-13(17-14)15-10-12-7-6-8-19-12/h6-9H,4-5,10H2,1-3H3,(H,15,16,17). The summed E-state index contributed by atoms with van der Waals surface area (Å²) in [6.07, 6.45) is 1.67. The summed E-state index contributed by atoms with van der Waals surface area (Å²) in [5.41, 5.74) is 0.957. The highest BCUT2D eigenvalue weighted by Crippen LogP contribution is 2.14. The highest BCUT2D eigenvalue weighted by atomic mass is 16.3. The molecule has 5 nitrogen and oxygen atoms in total. The zero-order chi connectivity index (χ0) is 13.7. The third-order valence-electron chi connectivity index (χ3n) is 2.91. The molecule has 0 saturated heterocycles. The number of hydrogen-bond acceptors (Lipinski definition) is 5. The van der Waals surface area contributed by atoms with E-state index in [1.54, 1.807) is 6.26 Å². The summed E-state index contributed by atoms with van der Waals surface area (Å²) in [4.78, 5) is 11.1. The lowest BCUT2D eigenvalue weighted by Crippen LogP contribution is -2.24. The highest BCUT2D eigenvalue weighted by Gasteiger charge is 2.08. The van der Waals surface area contributed by atoms with Crippen LogP contribution in [0.15, 0.2) is 28.9 Å². The SMILES string of the molecule is CCN(CC)c1nc(C)cc(NCc2ccco2)n1. The molecular formula is C14H20N4O. The third kappa shape index (κ3) is 3.47. The average Bonchev–Trinajstić information content (AvgIpc) is 2.90. The van der Waals surface area contributed by atoms with Crippen molar-refractivity contribution in [1.82, 2.24) is 9.97 Å². The molecule has 0 atom stereocenters. The lowest BCUT2D eigenvalue weighted by Gasteiger charge is -2.19. The number of anilines is 2. The number of rotatable bonds is 6. The maximum atomic E-state index is 5.29. The van der Waals surface area contributed by atoms with E-state index < -0.39 is 0 Å². The number of aryl methyl sites for hydroxylation is 1. The first kappa shape index (κ1) is 13.4. The van der Waals surface area contributed by atoms with Crippen molar-refractivity contribution in [2.45, 2.75) is 27.3 Å². The molecule has 19 heavy (non-hydrogen) atoms. The van der Waals surface area contributed by atoms with Gasteiger partial charge < -0.3 is 14.6 Å². The van der Waals surface area contributed by atoms with E-state index in [0.29, 0.717) is 6.54 Å². The van der Waals surface area contributed by atoms with Crippen molar-refractivity contribution in [2.24, 2.45) is 0 Å². The normalized spacial score (nSPS) is 10.5. The number of hydrogen-bond donors (Lipinski definition) is 1. The van der Waals surface area contributed by atoms with Crippen molar-refractivity contribution >= 4 is 11.8 Å². The van der Waals surface area contributed by atoms with E-state index in [1.807, 2.05) is 25.1 Å². The first-order valence-electron chi connectivity index (χ1n) is 6.59. The number of furan rings is 1. The van der Waals surface area contributed by atoms with Crippen molar-refractivity contribution < 1.29 is 4.42 Å². The predicted octanol–water partition coefficient (Wildman–Crippen LogP) is 2.84. The zero-order valence-corrected chi connectivity index (χ0v) is 11.7. The van der Waals surface area contributed by atoms with Crippen LogP contribution in [0.25, 0.3) is 0 Å². The average molecular weight is 260 g/mol. The fraction of sp³-hybridized carbons (Fsp3) is 0.429. The topological polar surface area (TPSA) is 54.2 Å². The van der Waals surface area contributed by atoms with Gasteiger partial charge in [0.1, 0.15) is 11.6 Å². The quantitative estimate of drug-likeness (QED) is 0.865. The van der Waals surface area contributed by atoms with Gasteiger partial charge in [0.2, 0.25) is 5.95 Å². The van der Waals surface area contributed by atoms with E-state index in [2.05, 4.69) is 34.0 Å². The largest absolute Gasteiger partial charge is 0.467 e. The monoisotopic (exact) mass is 260 g/mol. The van der Waals surface area contributed by atoms with E-state index in [9.17, 15) is 0 Å². The molecule has 0 aliphatic rings. The summed E-state index contributed by atoms with van der Waals surface area (Å²) in [6.45, 7) is 8.61. The molecule has 0 aromatic carbocycles. The molecule has 0 unspecified atom stereocenters. The summed E-state index contributed by atoms with van der Waals surface area (Å²) in [6, 6.07) is 5.76. The molecule has 0 spiro atoms. The van der Waals surface area contributed by atoms with Gasteiger partial charge >= 0.3 is 0 Å². The lowest BCUT2D eigenvalue weighted by atomic mass is 10.4. The Balaban J connectivity index is 2.12.